The van der Waals surface area contributed by atoms with E-state index in [1.54, 1.807) is 0 Å². The highest BCUT2D eigenvalue weighted by molar-refractivity contribution is 5.80. The maximum atomic E-state index is 13.6. The Morgan fingerprint density at radius 3 is 2.47 bits per heavy atom. The van der Waals surface area contributed by atoms with E-state index in [0.717, 1.165) is 31.2 Å². The zero-order chi connectivity index (χ0) is 24.9. The normalized spacial score (nSPS) is 37.5. The van der Waals surface area contributed by atoms with Crippen LogP contribution >= 0.6 is 0 Å². The second-order valence-electron chi connectivity index (χ2n) is 11.4. The number of amides is 1. The quantitative estimate of drug-likeness (QED) is 0.391. The first kappa shape index (κ1) is 24.1. The van der Waals surface area contributed by atoms with Crippen molar-refractivity contribution in [2.24, 2.45) is 23.7 Å². The molecule has 1 saturated carbocycles. The van der Waals surface area contributed by atoms with E-state index >= 15 is 0 Å². The third kappa shape index (κ3) is 3.90. The Morgan fingerprint density at radius 2 is 1.69 bits per heavy atom. The summed E-state index contributed by atoms with van der Waals surface area (Å²) in [7, 11) is 0. The van der Waals surface area contributed by atoms with E-state index in [-0.39, 0.29) is 17.7 Å². The second-order valence-corrected chi connectivity index (χ2v) is 11.4. The molecule has 6 nitrogen and oxygen atoms in total. The summed E-state index contributed by atoms with van der Waals surface area (Å²) >= 11 is 0. The molecule has 0 unspecified atom stereocenters. The molecule has 1 spiro atoms. The highest BCUT2D eigenvalue weighted by atomic mass is 17.3. The van der Waals surface area contributed by atoms with E-state index in [1.165, 1.54) is 11.1 Å². The van der Waals surface area contributed by atoms with E-state index < -0.39 is 17.6 Å². The van der Waals surface area contributed by atoms with Gasteiger partial charge < -0.3 is 14.4 Å². The zero-order valence-electron chi connectivity index (χ0n) is 21.5. The predicted octanol–water partition coefficient (Wildman–Crippen LogP) is 5.56. The van der Waals surface area contributed by atoms with Crippen LogP contribution in [0.1, 0.15) is 52.0 Å². The van der Waals surface area contributed by atoms with Crippen molar-refractivity contribution < 1.29 is 24.0 Å². The summed E-state index contributed by atoms with van der Waals surface area (Å²) in [6.45, 7) is 7.72. The number of ether oxygens (including phenoxy) is 2. The molecule has 192 valence electrons. The third-order valence-electron chi connectivity index (χ3n) is 9.16. The maximum Gasteiger partial charge on any atom is 0.227 e. The summed E-state index contributed by atoms with van der Waals surface area (Å²) in [4.78, 5) is 27.7. The zero-order valence-corrected chi connectivity index (χ0v) is 21.5. The first-order valence-corrected chi connectivity index (χ1v) is 13.5. The van der Waals surface area contributed by atoms with Gasteiger partial charge in [0.1, 0.15) is 0 Å². The number of hydrogen-bond donors (Lipinski definition) is 0. The summed E-state index contributed by atoms with van der Waals surface area (Å²) in [6, 6.07) is 18.8. The third-order valence-corrected chi connectivity index (χ3v) is 9.16. The number of hydrogen-bond acceptors (Lipinski definition) is 5. The van der Waals surface area contributed by atoms with Crippen molar-refractivity contribution >= 4 is 5.91 Å². The van der Waals surface area contributed by atoms with E-state index in [0.29, 0.717) is 31.6 Å². The van der Waals surface area contributed by atoms with Gasteiger partial charge in [0.15, 0.2) is 11.8 Å². The van der Waals surface area contributed by atoms with Gasteiger partial charge >= 0.3 is 0 Å². The van der Waals surface area contributed by atoms with E-state index in [2.05, 4.69) is 62.4 Å². The smallest absolute Gasteiger partial charge is 0.227 e. The number of benzene rings is 2. The minimum Gasteiger partial charge on any atom is -0.375 e. The molecule has 4 saturated heterocycles. The molecule has 6 heteroatoms. The molecule has 5 fully saturated rings. The Morgan fingerprint density at radius 1 is 0.944 bits per heavy atom. The highest BCUT2D eigenvalue weighted by Gasteiger charge is 2.70. The second kappa shape index (κ2) is 9.25. The van der Waals surface area contributed by atoms with Crippen LogP contribution in [0, 0.1) is 23.7 Å². The van der Waals surface area contributed by atoms with Crippen molar-refractivity contribution in [2.45, 2.75) is 70.7 Å². The van der Waals surface area contributed by atoms with Crippen LogP contribution in [0.4, 0.5) is 0 Å². The Labute approximate surface area is 213 Å². The predicted molar refractivity (Wildman–Crippen MR) is 135 cm³/mol. The van der Waals surface area contributed by atoms with E-state index in [9.17, 15) is 4.79 Å². The fourth-order valence-electron chi connectivity index (χ4n) is 7.16. The molecule has 0 N–H and O–H groups in total. The average molecular weight is 492 g/mol. The van der Waals surface area contributed by atoms with Crippen molar-refractivity contribution in [3.8, 4) is 11.1 Å². The standard InChI is InChI=1S/C30H37NO5/c1-20-9-14-26-21(2)27(32)31(28-30(26)25(20)15-16-29(3,34-28)35-36-30)17-18-33-19-22-10-12-24(13-11-22)23-7-5-4-6-8-23/h4-8,10-13,20-21,25-26,28H,9,14-19H2,1-3H3/t20-,21-,25+,26+,28-,29-,30-/m1/s1. The van der Waals surface area contributed by atoms with Gasteiger partial charge in [-0.1, -0.05) is 68.4 Å². The lowest BCUT2D eigenvalue weighted by Crippen LogP contribution is -2.75. The topological polar surface area (TPSA) is 57.2 Å². The Kier molecular flexibility index (Phi) is 6.19. The summed E-state index contributed by atoms with van der Waals surface area (Å²) in [6.07, 6.45) is 3.42. The van der Waals surface area contributed by atoms with Crippen LogP contribution < -0.4 is 0 Å². The molecule has 1 aliphatic carbocycles. The van der Waals surface area contributed by atoms with E-state index in [4.69, 9.17) is 19.2 Å². The molecule has 5 aliphatic rings. The van der Waals surface area contributed by atoms with Crippen molar-refractivity contribution in [1.82, 2.24) is 4.90 Å². The molecule has 1 amide bonds. The summed E-state index contributed by atoms with van der Waals surface area (Å²) in [5.74, 6) is 0.120. The Bertz CT molecular complexity index is 1090. The highest BCUT2D eigenvalue weighted by Crippen LogP contribution is 2.60. The fraction of sp³-hybridized carbons (Fsp3) is 0.567. The largest absolute Gasteiger partial charge is 0.375 e. The van der Waals surface area contributed by atoms with Crippen molar-refractivity contribution in [2.75, 3.05) is 13.2 Å². The van der Waals surface area contributed by atoms with Crippen LogP contribution in [0.25, 0.3) is 11.1 Å². The van der Waals surface area contributed by atoms with Crippen LogP contribution in [0.2, 0.25) is 0 Å². The monoisotopic (exact) mass is 491 g/mol. The SMILES string of the molecule is C[C@@H]1CC[C@H]2[C@@H](C)C(=O)N(CCOCc3ccc(-c4ccccc4)cc3)[C@@H]3O[C@@]4(C)CC[C@@H]1[C@@]23OO4. The van der Waals surface area contributed by atoms with Crippen LogP contribution in [0.5, 0.6) is 0 Å². The lowest BCUT2D eigenvalue weighted by Gasteiger charge is -2.61. The molecule has 7 rings (SSSR count). The molecular weight excluding hydrogens is 454 g/mol. The van der Waals surface area contributed by atoms with E-state index in [1.807, 2.05) is 17.9 Å². The maximum absolute atomic E-state index is 13.6. The Hall–Kier alpha value is -2.25. The lowest BCUT2D eigenvalue weighted by atomic mass is 9.57. The van der Waals surface area contributed by atoms with Gasteiger partial charge in [-0.05, 0) is 54.7 Å². The summed E-state index contributed by atoms with van der Waals surface area (Å²) in [5.41, 5.74) is 2.90. The van der Waals surface area contributed by atoms with Crippen LogP contribution in [0.15, 0.2) is 54.6 Å². The minimum atomic E-state index is -0.821. The van der Waals surface area contributed by atoms with Crippen LogP contribution in [-0.4, -0.2) is 41.6 Å². The van der Waals surface area contributed by atoms with Crippen molar-refractivity contribution in [3.05, 3.63) is 60.2 Å². The molecule has 2 aromatic carbocycles. The molecule has 2 bridgehead atoms. The van der Waals surface area contributed by atoms with Crippen LogP contribution in [0.3, 0.4) is 0 Å². The number of likely N-dealkylation sites (tertiary alicyclic amines) is 1. The fourth-order valence-corrected chi connectivity index (χ4v) is 7.16. The first-order chi connectivity index (χ1) is 17.4. The number of rotatable bonds is 6. The van der Waals surface area contributed by atoms with Gasteiger partial charge in [0, 0.05) is 24.8 Å². The molecule has 4 heterocycles. The summed E-state index contributed by atoms with van der Waals surface area (Å²) in [5, 5.41) is 0. The number of fused-ring (bicyclic) bond motifs is 2. The average Bonchev–Trinajstić information content (AvgIpc) is 3.14. The van der Waals surface area contributed by atoms with Gasteiger partial charge in [0.25, 0.3) is 0 Å². The van der Waals surface area contributed by atoms with Gasteiger partial charge in [0.05, 0.1) is 13.2 Å². The molecular formula is C30H37NO5. The number of nitrogens with zero attached hydrogens (tertiary/aromatic N) is 1. The number of piperidine rings is 1. The van der Waals surface area contributed by atoms with Gasteiger partial charge in [-0.2, -0.15) is 0 Å². The lowest BCUT2D eigenvalue weighted by molar-refractivity contribution is -0.547. The molecule has 0 radical (unpaired) electrons. The molecule has 7 atom stereocenters. The molecule has 2 aromatic rings. The van der Waals surface area contributed by atoms with Gasteiger partial charge in [-0.3, -0.25) is 4.79 Å². The van der Waals surface area contributed by atoms with Gasteiger partial charge in [-0.15, -0.1) is 0 Å². The number of carbonyl (C=O) groups is 1. The number of carbonyl (C=O) groups excluding carboxylic acids is 1. The van der Waals surface area contributed by atoms with Gasteiger partial charge in [-0.25, -0.2) is 9.78 Å². The minimum absolute atomic E-state index is 0.110. The molecule has 4 aliphatic heterocycles. The molecule has 0 aromatic heterocycles. The van der Waals surface area contributed by atoms with Crippen LogP contribution in [-0.2, 0) is 30.7 Å². The first-order valence-electron chi connectivity index (χ1n) is 13.5. The van der Waals surface area contributed by atoms with Crippen molar-refractivity contribution in [3.63, 3.8) is 0 Å². The Balaban J connectivity index is 1.15. The van der Waals surface area contributed by atoms with Crippen molar-refractivity contribution in [1.29, 1.82) is 0 Å². The molecule has 36 heavy (non-hydrogen) atoms. The summed E-state index contributed by atoms with van der Waals surface area (Å²) < 4.78 is 12.6. The van der Waals surface area contributed by atoms with Gasteiger partial charge in [0.2, 0.25) is 11.7 Å².